The number of rotatable bonds is 6. The highest BCUT2D eigenvalue weighted by Gasteiger charge is 2.87. The first-order chi connectivity index (χ1) is 23.4. The molecule has 3 bridgehead atoms. The quantitative estimate of drug-likeness (QED) is 0.230. The molecule has 2 aliphatic heterocycles. The van der Waals surface area contributed by atoms with Crippen molar-refractivity contribution in [3.63, 3.8) is 0 Å². The highest BCUT2D eigenvalue weighted by molar-refractivity contribution is 5.90. The Bertz CT molecular complexity index is 1710. The van der Waals surface area contributed by atoms with Gasteiger partial charge in [0, 0.05) is 31.6 Å². The van der Waals surface area contributed by atoms with Crippen LogP contribution in [0.3, 0.4) is 0 Å². The van der Waals surface area contributed by atoms with E-state index in [4.69, 9.17) is 28.4 Å². The Balaban J connectivity index is 1.46. The van der Waals surface area contributed by atoms with E-state index in [0.29, 0.717) is 5.57 Å². The molecule has 268 valence electrons. The Hall–Kier alpha value is -3.65. The van der Waals surface area contributed by atoms with Crippen molar-refractivity contribution in [3.8, 4) is 0 Å². The first-order valence-corrected chi connectivity index (χ1v) is 17.0. The van der Waals surface area contributed by atoms with Crippen LogP contribution < -0.4 is 0 Å². The zero-order chi connectivity index (χ0) is 36.2. The zero-order valence-corrected chi connectivity index (χ0v) is 28.9. The average molecular weight is 693 g/mol. The van der Waals surface area contributed by atoms with Crippen molar-refractivity contribution in [2.45, 2.75) is 107 Å². The van der Waals surface area contributed by atoms with Gasteiger partial charge in [0.15, 0.2) is 11.7 Å². The van der Waals surface area contributed by atoms with E-state index in [0.717, 1.165) is 0 Å². The largest absolute Gasteiger partial charge is 0.459 e. The number of esters is 3. The Morgan fingerprint density at radius 2 is 1.40 bits per heavy atom. The van der Waals surface area contributed by atoms with Gasteiger partial charge in [-0.25, -0.2) is 9.59 Å². The fraction of sp³-hybridized carbons (Fsp3) is 0.553. The molecule has 0 radical (unpaired) electrons. The van der Waals surface area contributed by atoms with Crippen LogP contribution in [0, 0.1) is 23.7 Å². The smallest absolute Gasteiger partial charge is 0.338 e. The molecule has 0 aromatic heterocycles. The minimum absolute atomic E-state index is 0.125. The van der Waals surface area contributed by atoms with E-state index in [1.165, 1.54) is 26.0 Å². The van der Waals surface area contributed by atoms with E-state index in [1.54, 1.807) is 76.2 Å². The Labute approximate surface area is 290 Å². The van der Waals surface area contributed by atoms with Crippen molar-refractivity contribution in [3.05, 3.63) is 83.9 Å². The number of hydrogen-bond acceptors (Lipinski definition) is 12. The minimum Gasteiger partial charge on any atom is -0.459 e. The maximum Gasteiger partial charge on any atom is 0.338 e. The molecule has 7 rings (SSSR count). The van der Waals surface area contributed by atoms with Gasteiger partial charge in [-0.05, 0) is 56.0 Å². The standard InChI is InChI=1S/C38H44O12/c1-19(2)37-29(46-31(41)23-14-10-8-11-15-23)21(4)38-25-18-20(3)28(45-22(5)39)36(25,44)33(47-32(42)24-16-12-9-13-17-24)34(6,43)27(40)26(38)30(37)48-35(7,49-37)50-38/h8-17,20-21,25-30,33,40,43-44H,1,18H2,2-7H3. The number of carbonyl (C=O) groups is 3. The predicted molar refractivity (Wildman–Crippen MR) is 174 cm³/mol. The van der Waals surface area contributed by atoms with Gasteiger partial charge in [-0.3, -0.25) is 4.79 Å². The lowest BCUT2D eigenvalue weighted by atomic mass is 9.52. The van der Waals surface area contributed by atoms with E-state index in [2.05, 4.69) is 6.58 Å². The van der Waals surface area contributed by atoms with Crippen molar-refractivity contribution >= 4 is 17.9 Å². The monoisotopic (exact) mass is 692 g/mol. The Kier molecular flexibility index (Phi) is 7.95. The van der Waals surface area contributed by atoms with E-state index in [9.17, 15) is 29.7 Å². The fourth-order valence-corrected chi connectivity index (χ4v) is 10.1. The third kappa shape index (κ3) is 4.55. The molecule has 2 aromatic carbocycles. The predicted octanol–water partition coefficient (Wildman–Crippen LogP) is 3.32. The molecule has 3 aliphatic carbocycles. The zero-order valence-electron chi connectivity index (χ0n) is 28.9. The molecular formula is C38H44O12. The fourth-order valence-electron chi connectivity index (χ4n) is 10.1. The normalized spacial score (nSPS) is 45.5. The minimum atomic E-state index is -2.40. The molecule has 3 N–H and O–H groups in total. The first-order valence-electron chi connectivity index (χ1n) is 17.0. The maximum absolute atomic E-state index is 13.8. The molecule has 5 aliphatic rings. The van der Waals surface area contributed by atoms with Gasteiger partial charge < -0.3 is 43.7 Å². The average Bonchev–Trinajstić information content (AvgIpc) is 3.44. The molecule has 2 saturated heterocycles. The molecular weight excluding hydrogens is 648 g/mol. The molecule has 2 aromatic rings. The van der Waals surface area contributed by atoms with Crippen LogP contribution in [0.15, 0.2) is 72.8 Å². The summed E-state index contributed by atoms with van der Waals surface area (Å²) in [5, 5.41) is 38.4. The SMILES string of the molecule is C=C(C)C12OC3(C)OC1C1C(O)C(C)(O)C(OC(=O)c4ccccc4)C4(O)C(OC(C)=O)C(C)CC4C1(O3)C(C)C2OC(=O)c1ccccc1. The van der Waals surface area contributed by atoms with Gasteiger partial charge in [0.25, 0.3) is 5.97 Å². The van der Waals surface area contributed by atoms with Gasteiger partial charge >= 0.3 is 17.9 Å². The van der Waals surface area contributed by atoms with E-state index in [1.807, 2.05) is 0 Å². The molecule has 14 unspecified atom stereocenters. The summed E-state index contributed by atoms with van der Waals surface area (Å²) in [6.45, 7) is 13.5. The van der Waals surface area contributed by atoms with Crippen molar-refractivity contribution in [2.24, 2.45) is 23.7 Å². The van der Waals surface area contributed by atoms with Gasteiger partial charge in [-0.15, -0.1) is 0 Å². The molecule has 50 heavy (non-hydrogen) atoms. The van der Waals surface area contributed by atoms with Gasteiger partial charge in [0.05, 0.1) is 22.8 Å². The summed E-state index contributed by atoms with van der Waals surface area (Å²) in [7, 11) is 0. The summed E-state index contributed by atoms with van der Waals surface area (Å²) in [5.74, 6) is -7.76. The number of carbonyl (C=O) groups excluding carboxylic acids is 3. The number of aliphatic hydroxyl groups is 3. The van der Waals surface area contributed by atoms with Crippen LogP contribution in [0.4, 0.5) is 0 Å². The summed E-state index contributed by atoms with van der Waals surface area (Å²) in [4.78, 5) is 40.2. The third-order valence-corrected chi connectivity index (χ3v) is 11.9. The third-order valence-electron chi connectivity index (χ3n) is 11.9. The summed E-state index contributed by atoms with van der Waals surface area (Å²) >= 11 is 0. The van der Waals surface area contributed by atoms with Gasteiger partial charge in [-0.1, -0.05) is 56.8 Å². The lowest BCUT2D eigenvalue weighted by molar-refractivity contribution is -0.429. The highest BCUT2D eigenvalue weighted by Crippen LogP contribution is 2.71. The van der Waals surface area contributed by atoms with Crippen molar-refractivity contribution in [2.75, 3.05) is 0 Å². The van der Waals surface area contributed by atoms with Crippen LogP contribution in [0.25, 0.3) is 0 Å². The Morgan fingerprint density at radius 1 is 0.840 bits per heavy atom. The molecule has 2 heterocycles. The molecule has 3 saturated carbocycles. The molecule has 0 amide bonds. The molecule has 12 nitrogen and oxygen atoms in total. The summed E-state index contributed by atoms with van der Waals surface area (Å²) in [6.07, 6.45) is -7.15. The van der Waals surface area contributed by atoms with Crippen molar-refractivity contribution in [1.82, 2.24) is 0 Å². The molecule has 0 spiro atoms. The van der Waals surface area contributed by atoms with Crippen LogP contribution in [0.5, 0.6) is 0 Å². The second kappa shape index (κ2) is 11.4. The molecule has 5 fully saturated rings. The van der Waals surface area contributed by atoms with Crippen LogP contribution in [-0.2, 0) is 33.2 Å². The number of ether oxygens (including phenoxy) is 6. The van der Waals surface area contributed by atoms with E-state index >= 15 is 0 Å². The number of benzene rings is 2. The topological polar surface area (TPSA) is 167 Å². The van der Waals surface area contributed by atoms with Crippen molar-refractivity contribution < 1.29 is 58.1 Å². The van der Waals surface area contributed by atoms with Crippen LogP contribution >= 0.6 is 0 Å². The lowest BCUT2D eigenvalue weighted by Gasteiger charge is -2.62. The maximum atomic E-state index is 13.8. The van der Waals surface area contributed by atoms with E-state index in [-0.39, 0.29) is 17.5 Å². The second-order valence-electron chi connectivity index (χ2n) is 15.0. The van der Waals surface area contributed by atoms with Gasteiger partial charge in [0.1, 0.15) is 29.5 Å². The first kappa shape index (κ1) is 34.8. The second-order valence-corrected chi connectivity index (χ2v) is 15.0. The summed E-state index contributed by atoms with van der Waals surface area (Å²) < 4.78 is 38.3. The number of fused-ring (bicyclic) bond motifs is 2. The summed E-state index contributed by atoms with van der Waals surface area (Å²) in [6, 6.07) is 16.4. The van der Waals surface area contributed by atoms with Crippen LogP contribution in [0.1, 0.15) is 68.7 Å². The van der Waals surface area contributed by atoms with Crippen LogP contribution in [-0.4, -0.2) is 92.1 Å². The lowest BCUT2D eigenvalue weighted by Crippen LogP contribution is -2.77. The van der Waals surface area contributed by atoms with Gasteiger partial charge in [0.2, 0.25) is 0 Å². The highest BCUT2D eigenvalue weighted by atomic mass is 16.9. The number of hydrogen-bond donors (Lipinski definition) is 3. The Morgan fingerprint density at radius 3 is 1.94 bits per heavy atom. The van der Waals surface area contributed by atoms with Crippen molar-refractivity contribution in [1.29, 1.82) is 0 Å². The summed E-state index contributed by atoms with van der Waals surface area (Å²) in [5.41, 5.74) is -7.20. The molecule has 14 atom stereocenters. The van der Waals surface area contributed by atoms with E-state index < -0.39 is 100 Å². The number of aliphatic hydroxyl groups excluding tert-OH is 1. The van der Waals surface area contributed by atoms with Crippen LogP contribution in [0.2, 0.25) is 0 Å². The molecule has 12 heteroatoms. The van der Waals surface area contributed by atoms with Gasteiger partial charge in [-0.2, -0.15) is 0 Å².